The quantitative estimate of drug-likeness (QED) is 0.0489. The Labute approximate surface area is 429 Å². The highest BCUT2D eigenvalue weighted by atomic mass is 19.1. The predicted octanol–water partition coefficient (Wildman–Crippen LogP) is 5.35. The monoisotopic (exact) mass is 1020 g/mol. The van der Waals surface area contributed by atoms with Crippen LogP contribution in [0, 0.1) is 24.0 Å². The Hall–Kier alpha value is -6.69. The van der Waals surface area contributed by atoms with Crippen molar-refractivity contribution in [2.75, 3.05) is 58.4 Å². The molecule has 10 rings (SSSR count). The van der Waals surface area contributed by atoms with Crippen molar-refractivity contribution in [1.82, 2.24) is 44.9 Å². The molecule has 4 aliphatic heterocycles. The van der Waals surface area contributed by atoms with Gasteiger partial charge in [-0.05, 0) is 88.4 Å². The molecule has 392 valence electrons. The maximum Gasteiger partial charge on any atom is 0.329 e. The molecule has 6 unspecified atom stereocenters. The van der Waals surface area contributed by atoms with Crippen molar-refractivity contribution in [3.8, 4) is 29.6 Å². The van der Waals surface area contributed by atoms with E-state index in [1.165, 1.54) is 57.0 Å². The minimum absolute atomic E-state index is 0.0480. The molecule has 19 heteroatoms. The van der Waals surface area contributed by atoms with Gasteiger partial charge >= 0.3 is 11.7 Å². The van der Waals surface area contributed by atoms with Crippen LogP contribution in [0.1, 0.15) is 81.4 Å². The number of imidazole rings is 1. The maximum absolute atomic E-state index is 16.1. The van der Waals surface area contributed by atoms with E-state index in [2.05, 4.69) is 46.6 Å². The van der Waals surface area contributed by atoms with Crippen molar-refractivity contribution >= 4 is 57.5 Å². The number of rotatable bonds is 18. The average Bonchev–Trinajstić information content (AvgIpc) is 4.20. The van der Waals surface area contributed by atoms with Gasteiger partial charge in [-0.15, -0.1) is 6.42 Å². The summed E-state index contributed by atoms with van der Waals surface area (Å²) in [6, 6.07) is 15.3. The number of aliphatic hydroxyl groups excluding tert-OH is 1. The number of amides is 1. The molecule has 4 fully saturated rings. The van der Waals surface area contributed by atoms with Crippen LogP contribution in [0.4, 0.5) is 14.6 Å². The second-order valence-corrected chi connectivity index (χ2v) is 19.3. The number of methoxy groups -OCH3 is 1. The zero-order valence-corrected chi connectivity index (χ0v) is 42.3. The fraction of sp³-hybridized carbons (Fsp3) is 0.473. The lowest BCUT2D eigenvalue weighted by Crippen LogP contribution is -2.51. The fourth-order valence-electron chi connectivity index (χ4n) is 11.5. The number of aryl methyl sites for hydroxylation is 1. The topological polar surface area (TPSA) is 198 Å². The molecule has 0 radical (unpaired) electrons. The van der Waals surface area contributed by atoms with E-state index in [-0.39, 0.29) is 66.5 Å². The number of carbonyl (C=O) groups is 3. The van der Waals surface area contributed by atoms with Gasteiger partial charge in [0, 0.05) is 93.6 Å². The van der Waals surface area contributed by atoms with Crippen molar-refractivity contribution in [2.24, 2.45) is 7.05 Å². The van der Waals surface area contributed by atoms with Crippen LogP contribution < -0.4 is 31.3 Å². The van der Waals surface area contributed by atoms with Gasteiger partial charge < -0.3 is 45.0 Å². The molecule has 74 heavy (non-hydrogen) atoms. The number of carbonyl (C=O) groups excluding carboxylic acids is 3. The molecule has 1 amide bonds. The third-order valence-corrected chi connectivity index (χ3v) is 15.0. The lowest BCUT2D eigenvalue weighted by molar-refractivity contribution is -0.124. The van der Waals surface area contributed by atoms with Crippen molar-refractivity contribution in [3.05, 3.63) is 88.0 Å². The summed E-state index contributed by atoms with van der Waals surface area (Å²) in [7, 11) is 4.67. The number of fused-ring (bicyclic) bond motifs is 6. The minimum atomic E-state index is -0.776. The van der Waals surface area contributed by atoms with E-state index in [1.807, 2.05) is 25.0 Å². The Morgan fingerprint density at radius 1 is 1.04 bits per heavy atom. The molecular weight excluding hydrogens is 951 g/mol. The van der Waals surface area contributed by atoms with Crippen molar-refractivity contribution < 1.29 is 37.7 Å². The molecule has 4 saturated heterocycles. The number of ether oxygens (including phenoxy) is 2. The smallest absolute Gasteiger partial charge is 0.329 e. The highest BCUT2D eigenvalue weighted by Crippen LogP contribution is 2.38. The third kappa shape index (κ3) is 11.1. The second-order valence-electron chi connectivity index (χ2n) is 19.3. The summed E-state index contributed by atoms with van der Waals surface area (Å²) in [5, 5.41) is 21.1. The molecule has 6 atom stereocenters. The highest BCUT2D eigenvalue weighted by molar-refractivity contribution is 6.02. The number of anilines is 1. The summed E-state index contributed by atoms with van der Waals surface area (Å²) < 4.78 is 45.1. The number of para-hydroxylation sites is 1. The van der Waals surface area contributed by atoms with Crippen LogP contribution in [-0.2, 0) is 32.8 Å². The summed E-state index contributed by atoms with van der Waals surface area (Å²) in [5.74, 6) is 1.53. The van der Waals surface area contributed by atoms with Gasteiger partial charge in [0.2, 0.25) is 5.91 Å². The van der Waals surface area contributed by atoms with Crippen molar-refractivity contribution in [2.45, 2.75) is 107 Å². The highest BCUT2D eigenvalue weighted by Gasteiger charge is 2.37. The maximum atomic E-state index is 16.1. The molecule has 4 N–H and O–H groups in total. The number of benzene rings is 3. The number of halogens is 2. The van der Waals surface area contributed by atoms with Gasteiger partial charge in [0.05, 0.1) is 41.8 Å². The zero-order valence-electron chi connectivity index (χ0n) is 42.3. The van der Waals surface area contributed by atoms with Gasteiger partial charge in [0.15, 0.2) is 5.82 Å². The summed E-state index contributed by atoms with van der Waals surface area (Å²) >= 11 is 0. The molecule has 0 saturated carbocycles. The molecule has 7 heterocycles. The molecule has 0 spiro atoms. The minimum Gasteiger partial charge on any atom is -0.467 e. The van der Waals surface area contributed by atoms with Crippen LogP contribution in [0.25, 0.3) is 44.0 Å². The van der Waals surface area contributed by atoms with E-state index in [0.29, 0.717) is 63.1 Å². The molecule has 4 aliphatic rings. The Morgan fingerprint density at radius 2 is 1.82 bits per heavy atom. The average molecular weight is 1020 g/mol. The molecule has 6 aromatic rings. The van der Waals surface area contributed by atoms with Gasteiger partial charge in [0.1, 0.15) is 42.0 Å². The molecule has 2 bridgehead atoms. The Kier molecular flexibility index (Phi) is 17.8. The van der Waals surface area contributed by atoms with Crippen molar-refractivity contribution in [1.29, 1.82) is 0 Å². The number of aliphatic hydroxyl groups is 1. The first kappa shape index (κ1) is 53.6. The van der Waals surface area contributed by atoms with Crippen molar-refractivity contribution in [3.63, 3.8) is 0 Å². The van der Waals surface area contributed by atoms with Gasteiger partial charge in [-0.1, -0.05) is 42.3 Å². The largest absolute Gasteiger partial charge is 0.467 e. The van der Waals surface area contributed by atoms with Crippen LogP contribution in [-0.4, -0.2) is 137 Å². The summed E-state index contributed by atoms with van der Waals surface area (Å²) in [6.07, 6.45) is 17.1. The number of nitrogens with zero attached hydrogens (tertiary/aromatic N) is 7. The Balaban J connectivity index is 0.000000191. The van der Waals surface area contributed by atoms with Crippen LogP contribution >= 0.6 is 0 Å². The van der Waals surface area contributed by atoms with Gasteiger partial charge in [-0.25, -0.2) is 13.6 Å². The summed E-state index contributed by atoms with van der Waals surface area (Å²) in [4.78, 5) is 63.0. The number of likely N-dealkylation sites (N-methyl/N-ethyl adjacent to an activating group) is 1. The molecule has 3 aromatic heterocycles. The molecular formula is C55H66F2N10O7. The van der Waals surface area contributed by atoms with E-state index in [0.717, 1.165) is 63.3 Å². The molecule has 17 nitrogen and oxygen atoms in total. The number of terminal acetylenes is 1. The number of pyridine rings is 1. The number of hydrogen-bond acceptors (Lipinski definition) is 14. The van der Waals surface area contributed by atoms with Crippen LogP contribution in [0.3, 0.4) is 0 Å². The fourth-order valence-corrected chi connectivity index (χ4v) is 11.5. The number of hydrogen-bond donors (Lipinski definition) is 4. The first-order chi connectivity index (χ1) is 36.1. The first-order valence-electron chi connectivity index (χ1n) is 25.5. The van der Waals surface area contributed by atoms with Crippen LogP contribution in [0.15, 0.2) is 59.5 Å². The molecule has 0 aliphatic carbocycles. The van der Waals surface area contributed by atoms with E-state index in [9.17, 15) is 23.9 Å². The molecule has 3 aromatic carbocycles. The van der Waals surface area contributed by atoms with E-state index in [4.69, 9.17) is 20.7 Å². The Bertz CT molecular complexity index is 3060. The van der Waals surface area contributed by atoms with E-state index in [1.54, 1.807) is 42.1 Å². The van der Waals surface area contributed by atoms with Crippen LogP contribution in [0.2, 0.25) is 0 Å². The van der Waals surface area contributed by atoms with E-state index >= 15 is 4.39 Å². The zero-order chi connectivity index (χ0) is 52.5. The van der Waals surface area contributed by atoms with E-state index < -0.39 is 17.7 Å². The summed E-state index contributed by atoms with van der Waals surface area (Å²) in [6.45, 7) is 6.91. The number of nitrogens with one attached hydrogen (secondary N) is 3. The number of aldehydes is 1. The standard InChI is InChI=1S/C28H43N5O5.C26H21F2N5O.CH2O/c1-29-27(36)25(9-5-16-34)33-24-8-3-6-20(26(24)31(2)28(33)37)19-38-23(13-17-35)12-14-30-18-22-11-10-21-7-4-15-32(21)22;1-3-17-20(27)10-7-14-5-4-6-18(21(14)17)23-22(28)24-19(11-29-23)25(32-26(31-24)34-2)33-12-15-8-9-16(13-33)30-15;1-2/h3,6,8,16,21-23,25,30,35H,4-5,7,9-15,17-19H2,1-2H3,(H,29,36);1,4-7,10-11,15-16,30H,8-9,12-13H2,2H3;1H2. The lowest BCUT2D eigenvalue weighted by Gasteiger charge is -2.34. The van der Waals surface area contributed by atoms with Gasteiger partial charge in [-0.3, -0.25) is 23.8 Å². The lowest BCUT2D eigenvalue weighted by atomic mass is 9.96. The third-order valence-electron chi connectivity index (χ3n) is 15.0. The first-order valence-corrected chi connectivity index (χ1v) is 25.5. The number of piperazine rings is 1. The van der Waals surface area contributed by atoms with Gasteiger partial charge in [-0.2, -0.15) is 9.97 Å². The SMILES string of the molecule is C#Cc1c(F)ccc2cccc(-c3ncc4c(N5CC6CCC(C5)N6)nc(OC)nc4c3F)c12.C=O.CNC(=O)C(CCC=O)n1c(=O)n(C)c2c(COC(CCO)CCNCC3CCC4CCCN43)cccc21. The second kappa shape index (κ2) is 24.6. The van der Waals surface area contributed by atoms with Crippen LogP contribution in [0.5, 0.6) is 6.01 Å². The number of aromatic nitrogens is 5. The van der Waals surface area contributed by atoms with Gasteiger partial charge in [0.25, 0.3) is 0 Å². The normalized spacial score (nSPS) is 19.8. The predicted molar refractivity (Wildman–Crippen MR) is 280 cm³/mol. The summed E-state index contributed by atoms with van der Waals surface area (Å²) in [5.41, 5.74) is 2.51. The Morgan fingerprint density at radius 3 is 2.55 bits per heavy atom.